The Balaban J connectivity index is 2.18. The van der Waals surface area contributed by atoms with Gasteiger partial charge in [0.2, 0.25) is 0 Å². The lowest BCUT2D eigenvalue weighted by atomic mass is 10.1. The fraction of sp³-hybridized carbons (Fsp3) is 0.667. The molecule has 0 unspecified atom stereocenters. The Labute approximate surface area is 132 Å². The predicted molar refractivity (Wildman–Crippen MR) is 93.0 cm³/mol. The molecule has 0 spiro atoms. The van der Waals surface area contributed by atoms with E-state index in [-0.39, 0.29) is 5.04 Å². The summed E-state index contributed by atoms with van der Waals surface area (Å²) in [6, 6.07) is 10.3. The van der Waals surface area contributed by atoms with Crippen molar-refractivity contribution in [3.8, 4) is 0 Å². The number of ether oxygens (including phenoxy) is 1. The molecule has 0 radical (unpaired) electrons. The molecule has 0 aliphatic carbocycles. The molecule has 0 aliphatic heterocycles. The van der Waals surface area contributed by atoms with Crippen molar-refractivity contribution in [2.24, 2.45) is 5.92 Å². The Morgan fingerprint density at radius 3 is 2.29 bits per heavy atom. The highest BCUT2D eigenvalue weighted by molar-refractivity contribution is 6.74. The third-order valence-electron chi connectivity index (χ3n) is 4.40. The Kier molecular flexibility index (Phi) is 7.11. The normalized spacial score (nSPS) is 14.2. The molecule has 1 rings (SSSR count). The lowest BCUT2D eigenvalue weighted by molar-refractivity contribution is 0.0995. The van der Waals surface area contributed by atoms with Crippen molar-refractivity contribution in [2.45, 2.75) is 58.9 Å². The van der Waals surface area contributed by atoms with Gasteiger partial charge in [0.25, 0.3) is 0 Å². The first-order chi connectivity index (χ1) is 9.72. The number of rotatable bonds is 8. The van der Waals surface area contributed by atoms with Crippen molar-refractivity contribution < 1.29 is 9.16 Å². The van der Waals surface area contributed by atoms with E-state index in [1.807, 2.05) is 18.2 Å². The maximum absolute atomic E-state index is 6.25. The molecule has 3 heteroatoms. The van der Waals surface area contributed by atoms with Gasteiger partial charge in [0.1, 0.15) is 0 Å². The Bertz CT molecular complexity index is 395. The van der Waals surface area contributed by atoms with Crippen LogP contribution in [0.5, 0.6) is 0 Å². The summed E-state index contributed by atoms with van der Waals surface area (Å²) in [5, 5.41) is 0.288. The van der Waals surface area contributed by atoms with Crippen LogP contribution in [0.1, 0.15) is 39.7 Å². The molecule has 0 bridgehead atoms. The van der Waals surface area contributed by atoms with Crippen LogP contribution in [0.2, 0.25) is 18.1 Å². The molecule has 2 nitrogen and oxygen atoms in total. The van der Waals surface area contributed by atoms with E-state index in [0.717, 1.165) is 19.6 Å². The zero-order valence-corrected chi connectivity index (χ0v) is 15.6. The minimum Gasteiger partial charge on any atom is -0.417 e. The van der Waals surface area contributed by atoms with E-state index >= 15 is 0 Å². The predicted octanol–water partition coefficient (Wildman–Crippen LogP) is 5.25. The second-order valence-corrected chi connectivity index (χ2v) is 12.3. The Morgan fingerprint density at radius 1 is 1.10 bits per heavy atom. The van der Waals surface area contributed by atoms with E-state index < -0.39 is 8.32 Å². The van der Waals surface area contributed by atoms with Crippen LogP contribution >= 0.6 is 0 Å². The Morgan fingerprint density at radius 2 is 1.71 bits per heavy atom. The molecule has 0 saturated carbocycles. The Hall–Kier alpha value is -0.643. The standard InChI is InChI=1S/C18H32O2Si/c1-16(14-20-21(5,6)18(2,3)4)12-13-19-15-17-10-8-7-9-11-17/h7-11,16H,12-15H2,1-6H3/t16-/m0/s1. The first-order valence-electron chi connectivity index (χ1n) is 7.98. The van der Waals surface area contributed by atoms with Gasteiger partial charge in [0.15, 0.2) is 8.32 Å². The van der Waals surface area contributed by atoms with Crippen molar-refractivity contribution in [3.05, 3.63) is 35.9 Å². The van der Waals surface area contributed by atoms with E-state index in [1.165, 1.54) is 5.56 Å². The summed E-state index contributed by atoms with van der Waals surface area (Å²) in [4.78, 5) is 0. The largest absolute Gasteiger partial charge is 0.417 e. The van der Waals surface area contributed by atoms with Gasteiger partial charge in [0, 0.05) is 13.2 Å². The number of hydrogen-bond donors (Lipinski definition) is 0. The summed E-state index contributed by atoms with van der Waals surface area (Å²) in [7, 11) is -1.61. The van der Waals surface area contributed by atoms with Gasteiger partial charge in [-0.25, -0.2) is 0 Å². The minimum atomic E-state index is -1.61. The van der Waals surface area contributed by atoms with Crippen LogP contribution in [0.25, 0.3) is 0 Å². The SMILES string of the molecule is C[C@@H](CCOCc1ccccc1)CO[Si](C)(C)C(C)(C)C. The maximum atomic E-state index is 6.25. The lowest BCUT2D eigenvalue weighted by Gasteiger charge is -2.37. The third-order valence-corrected chi connectivity index (χ3v) is 8.90. The van der Waals surface area contributed by atoms with Gasteiger partial charge in [-0.1, -0.05) is 58.0 Å². The topological polar surface area (TPSA) is 18.5 Å². The molecule has 1 aromatic rings. The summed E-state index contributed by atoms with van der Waals surface area (Å²) < 4.78 is 12.0. The molecule has 0 heterocycles. The average molecular weight is 309 g/mol. The van der Waals surface area contributed by atoms with E-state index in [0.29, 0.717) is 12.5 Å². The molecule has 0 N–H and O–H groups in total. The van der Waals surface area contributed by atoms with E-state index in [2.05, 4.69) is 52.9 Å². The summed E-state index contributed by atoms with van der Waals surface area (Å²) in [6.45, 7) is 16.1. The van der Waals surface area contributed by atoms with Gasteiger partial charge >= 0.3 is 0 Å². The van der Waals surface area contributed by atoms with Crippen LogP contribution in [0.3, 0.4) is 0 Å². The lowest BCUT2D eigenvalue weighted by Crippen LogP contribution is -2.41. The highest BCUT2D eigenvalue weighted by Gasteiger charge is 2.37. The van der Waals surface area contributed by atoms with Crippen molar-refractivity contribution in [2.75, 3.05) is 13.2 Å². The van der Waals surface area contributed by atoms with E-state index in [4.69, 9.17) is 9.16 Å². The van der Waals surface area contributed by atoms with Crippen molar-refractivity contribution in [1.82, 2.24) is 0 Å². The molecular formula is C18H32O2Si. The molecular weight excluding hydrogens is 276 g/mol. The highest BCUT2D eigenvalue weighted by Crippen LogP contribution is 2.36. The van der Waals surface area contributed by atoms with Crippen LogP contribution in [0.15, 0.2) is 30.3 Å². The fourth-order valence-electron chi connectivity index (χ4n) is 1.70. The van der Waals surface area contributed by atoms with Crippen LogP contribution in [-0.2, 0) is 15.8 Å². The summed E-state index contributed by atoms with van der Waals surface area (Å²) in [5.74, 6) is 0.551. The second-order valence-electron chi connectivity index (χ2n) is 7.50. The molecule has 0 fully saturated rings. The zero-order chi connectivity index (χ0) is 15.9. The van der Waals surface area contributed by atoms with E-state index in [9.17, 15) is 0 Å². The fourth-order valence-corrected chi connectivity index (χ4v) is 2.83. The van der Waals surface area contributed by atoms with Gasteiger partial charge in [0.05, 0.1) is 6.61 Å². The molecule has 1 atom stereocenters. The minimum absolute atomic E-state index is 0.288. The van der Waals surface area contributed by atoms with Crippen molar-refractivity contribution >= 4 is 8.32 Å². The molecule has 0 amide bonds. The van der Waals surface area contributed by atoms with Crippen LogP contribution in [-0.4, -0.2) is 21.5 Å². The molecule has 21 heavy (non-hydrogen) atoms. The van der Waals surface area contributed by atoms with Crippen LogP contribution < -0.4 is 0 Å². The highest BCUT2D eigenvalue weighted by atomic mass is 28.4. The summed E-state index contributed by atoms with van der Waals surface area (Å²) >= 11 is 0. The molecule has 0 aliphatic rings. The average Bonchev–Trinajstić information content (AvgIpc) is 2.41. The van der Waals surface area contributed by atoms with Gasteiger partial charge in [-0.15, -0.1) is 0 Å². The first-order valence-corrected chi connectivity index (χ1v) is 10.9. The molecule has 1 aromatic carbocycles. The molecule has 0 saturated heterocycles. The zero-order valence-electron chi connectivity index (χ0n) is 14.6. The smallest absolute Gasteiger partial charge is 0.191 e. The maximum Gasteiger partial charge on any atom is 0.191 e. The van der Waals surface area contributed by atoms with Gasteiger partial charge < -0.3 is 9.16 Å². The van der Waals surface area contributed by atoms with Gasteiger partial charge in [-0.05, 0) is 36.0 Å². The first kappa shape index (κ1) is 18.4. The third kappa shape index (κ3) is 6.77. The van der Waals surface area contributed by atoms with Gasteiger partial charge in [-0.2, -0.15) is 0 Å². The van der Waals surface area contributed by atoms with Gasteiger partial charge in [-0.3, -0.25) is 0 Å². The number of hydrogen-bond acceptors (Lipinski definition) is 2. The van der Waals surface area contributed by atoms with Crippen LogP contribution in [0, 0.1) is 5.92 Å². The summed E-state index contributed by atoms with van der Waals surface area (Å²) in [6.07, 6.45) is 1.06. The summed E-state index contributed by atoms with van der Waals surface area (Å²) in [5.41, 5.74) is 1.24. The van der Waals surface area contributed by atoms with Crippen LogP contribution in [0.4, 0.5) is 0 Å². The monoisotopic (exact) mass is 308 g/mol. The quantitative estimate of drug-likeness (QED) is 0.482. The van der Waals surface area contributed by atoms with E-state index in [1.54, 1.807) is 0 Å². The van der Waals surface area contributed by atoms with Crippen molar-refractivity contribution in [3.63, 3.8) is 0 Å². The molecule has 120 valence electrons. The van der Waals surface area contributed by atoms with Crippen molar-refractivity contribution in [1.29, 1.82) is 0 Å². The second kappa shape index (κ2) is 8.11. The molecule has 0 aromatic heterocycles. The number of benzene rings is 1.